The smallest absolute Gasteiger partial charge is 0.330 e. The number of hydrogen-bond donors (Lipinski definition) is 3. The van der Waals surface area contributed by atoms with E-state index in [0.717, 1.165) is 18.8 Å². The summed E-state index contributed by atoms with van der Waals surface area (Å²) in [5.74, 6) is 0. The summed E-state index contributed by atoms with van der Waals surface area (Å²) in [4.78, 5) is 30.0. The minimum absolute atomic E-state index is 0.143. The summed E-state index contributed by atoms with van der Waals surface area (Å²) in [6.45, 7) is 4.44. The Balaban J connectivity index is 1.48. The molecule has 1 aliphatic rings. The van der Waals surface area contributed by atoms with E-state index in [9.17, 15) is 9.59 Å². The molecule has 3 aromatic rings. The molecule has 0 saturated carbocycles. The van der Waals surface area contributed by atoms with E-state index in [1.54, 1.807) is 16.8 Å². The lowest BCUT2D eigenvalue weighted by molar-refractivity contribution is 0.227. The highest BCUT2D eigenvalue weighted by atomic mass is 16.2. The number of aryl methyl sites for hydroxylation is 1. The number of amides is 2. The van der Waals surface area contributed by atoms with Gasteiger partial charge >= 0.3 is 11.7 Å². The van der Waals surface area contributed by atoms with Crippen LogP contribution in [-0.2, 0) is 0 Å². The minimum Gasteiger partial charge on any atom is -0.336 e. The fourth-order valence-corrected chi connectivity index (χ4v) is 4.07. The molecule has 1 aliphatic heterocycles. The van der Waals surface area contributed by atoms with Gasteiger partial charge < -0.3 is 15.6 Å². The molecule has 156 valence electrons. The lowest BCUT2D eigenvalue weighted by atomic mass is 10.1. The van der Waals surface area contributed by atoms with Gasteiger partial charge in [-0.05, 0) is 50.6 Å². The van der Waals surface area contributed by atoms with Crippen LogP contribution in [0.5, 0.6) is 0 Å². The Morgan fingerprint density at radius 1 is 1.07 bits per heavy atom. The van der Waals surface area contributed by atoms with Crippen LogP contribution >= 0.6 is 0 Å². The van der Waals surface area contributed by atoms with Crippen molar-refractivity contribution in [2.45, 2.75) is 25.8 Å². The van der Waals surface area contributed by atoms with Gasteiger partial charge in [0.05, 0.1) is 17.4 Å². The van der Waals surface area contributed by atoms with Crippen LogP contribution in [0.4, 0.5) is 10.5 Å². The van der Waals surface area contributed by atoms with E-state index in [4.69, 9.17) is 0 Å². The third-order valence-electron chi connectivity index (χ3n) is 5.58. The highest BCUT2D eigenvalue weighted by Crippen LogP contribution is 2.25. The maximum absolute atomic E-state index is 12.7. The summed E-state index contributed by atoms with van der Waals surface area (Å²) >= 11 is 0. The van der Waals surface area contributed by atoms with Gasteiger partial charge in [0, 0.05) is 18.4 Å². The number of carbonyl (C=O) groups is 1. The number of aromatic nitrogens is 2. The molecule has 1 fully saturated rings. The normalized spacial score (nSPS) is 15.1. The highest BCUT2D eigenvalue weighted by Gasteiger charge is 2.24. The molecule has 0 radical (unpaired) electrons. The molecule has 1 atom stereocenters. The molecule has 30 heavy (non-hydrogen) atoms. The summed E-state index contributed by atoms with van der Waals surface area (Å²) in [7, 11) is 0. The van der Waals surface area contributed by atoms with Gasteiger partial charge in [-0.2, -0.15) is 0 Å². The number of aromatic amines is 1. The van der Waals surface area contributed by atoms with Crippen molar-refractivity contribution in [1.82, 2.24) is 19.8 Å². The van der Waals surface area contributed by atoms with Gasteiger partial charge in [-0.15, -0.1) is 0 Å². The first kappa shape index (κ1) is 20.0. The SMILES string of the molecule is Cc1c[nH]c(=O)n1-c1ccccc1NC(=O)NCC(c1ccccc1)N1CCCC1. The van der Waals surface area contributed by atoms with Crippen LogP contribution in [-0.4, -0.2) is 40.1 Å². The minimum atomic E-state index is -0.288. The van der Waals surface area contributed by atoms with E-state index < -0.39 is 0 Å². The number of hydrogen-bond acceptors (Lipinski definition) is 3. The summed E-state index contributed by atoms with van der Waals surface area (Å²) in [6.07, 6.45) is 4.03. The van der Waals surface area contributed by atoms with Crippen LogP contribution in [0.15, 0.2) is 65.6 Å². The number of benzene rings is 2. The van der Waals surface area contributed by atoms with Gasteiger partial charge in [-0.1, -0.05) is 42.5 Å². The zero-order valence-corrected chi connectivity index (χ0v) is 17.1. The van der Waals surface area contributed by atoms with Crippen molar-refractivity contribution in [3.63, 3.8) is 0 Å². The van der Waals surface area contributed by atoms with E-state index in [1.165, 1.54) is 18.4 Å². The molecular weight excluding hydrogens is 378 g/mol. The number of para-hydroxylation sites is 2. The average Bonchev–Trinajstić information content (AvgIpc) is 3.40. The van der Waals surface area contributed by atoms with Crippen molar-refractivity contribution in [2.75, 3.05) is 25.0 Å². The third kappa shape index (κ3) is 4.31. The maximum atomic E-state index is 12.7. The Morgan fingerprint density at radius 3 is 2.47 bits per heavy atom. The predicted octanol–water partition coefficient (Wildman–Crippen LogP) is 3.43. The lowest BCUT2D eigenvalue weighted by Crippen LogP contribution is -2.38. The van der Waals surface area contributed by atoms with E-state index in [1.807, 2.05) is 43.3 Å². The number of imidazole rings is 1. The van der Waals surface area contributed by atoms with Crippen LogP contribution in [0.2, 0.25) is 0 Å². The summed E-state index contributed by atoms with van der Waals surface area (Å²) < 4.78 is 1.55. The van der Waals surface area contributed by atoms with Crippen molar-refractivity contribution in [2.24, 2.45) is 0 Å². The first-order valence-electron chi connectivity index (χ1n) is 10.3. The predicted molar refractivity (Wildman–Crippen MR) is 118 cm³/mol. The van der Waals surface area contributed by atoms with Crippen LogP contribution in [0.3, 0.4) is 0 Å². The monoisotopic (exact) mass is 405 g/mol. The number of rotatable bonds is 6. The molecule has 4 rings (SSSR count). The molecule has 1 saturated heterocycles. The Bertz CT molecular complexity index is 1050. The zero-order valence-electron chi connectivity index (χ0n) is 17.1. The first-order valence-corrected chi connectivity index (χ1v) is 10.3. The Kier molecular flexibility index (Phi) is 5.99. The lowest BCUT2D eigenvalue weighted by Gasteiger charge is -2.28. The highest BCUT2D eigenvalue weighted by molar-refractivity contribution is 5.91. The number of anilines is 1. The van der Waals surface area contributed by atoms with Crippen molar-refractivity contribution >= 4 is 11.7 Å². The third-order valence-corrected chi connectivity index (χ3v) is 5.58. The summed E-state index contributed by atoms with van der Waals surface area (Å²) in [5.41, 5.74) is 2.95. The standard InChI is InChI=1S/C23H27N5O2/c1-17-15-25-23(30)28(17)20-12-6-5-11-19(20)26-22(29)24-16-21(27-13-7-8-14-27)18-9-3-2-4-10-18/h2-6,9-12,15,21H,7-8,13-14,16H2,1H3,(H,25,30)(H2,24,26,29). The number of H-pyrrole nitrogens is 1. The molecule has 2 amide bonds. The molecule has 2 aromatic carbocycles. The fraction of sp³-hybridized carbons (Fsp3) is 0.304. The number of urea groups is 1. The number of carbonyl (C=O) groups excluding carboxylic acids is 1. The van der Waals surface area contributed by atoms with Crippen LogP contribution < -0.4 is 16.3 Å². The van der Waals surface area contributed by atoms with E-state index in [0.29, 0.717) is 17.9 Å². The van der Waals surface area contributed by atoms with E-state index >= 15 is 0 Å². The quantitative estimate of drug-likeness (QED) is 0.588. The zero-order chi connectivity index (χ0) is 20.9. The molecule has 1 aromatic heterocycles. The molecule has 7 heteroatoms. The van der Waals surface area contributed by atoms with E-state index in [2.05, 4.69) is 32.7 Å². The van der Waals surface area contributed by atoms with Crippen molar-refractivity contribution in [1.29, 1.82) is 0 Å². The summed E-state index contributed by atoms with van der Waals surface area (Å²) in [5, 5.41) is 5.93. The molecule has 0 bridgehead atoms. The molecule has 0 spiro atoms. The fourth-order valence-electron chi connectivity index (χ4n) is 4.07. The number of nitrogens with one attached hydrogen (secondary N) is 3. The summed E-state index contributed by atoms with van der Waals surface area (Å²) in [6, 6.07) is 17.4. The number of likely N-dealkylation sites (tertiary alicyclic amines) is 1. The molecular formula is C23H27N5O2. The Hall–Kier alpha value is -3.32. The van der Waals surface area contributed by atoms with Crippen LogP contribution in [0, 0.1) is 6.92 Å². The molecule has 2 heterocycles. The van der Waals surface area contributed by atoms with Gasteiger partial charge in [0.15, 0.2) is 0 Å². The van der Waals surface area contributed by atoms with Gasteiger partial charge in [0.2, 0.25) is 0 Å². The molecule has 7 nitrogen and oxygen atoms in total. The van der Waals surface area contributed by atoms with Gasteiger partial charge in [0.1, 0.15) is 0 Å². The number of nitrogens with zero attached hydrogens (tertiary/aromatic N) is 2. The van der Waals surface area contributed by atoms with Crippen LogP contribution in [0.1, 0.15) is 30.1 Å². The molecule has 3 N–H and O–H groups in total. The van der Waals surface area contributed by atoms with Gasteiger partial charge in [-0.3, -0.25) is 9.47 Å². The topological polar surface area (TPSA) is 82.2 Å². The van der Waals surface area contributed by atoms with Crippen molar-refractivity contribution in [3.8, 4) is 5.69 Å². The van der Waals surface area contributed by atoms with Crippen molar-refractivity contribution in [3.05, 3.63) is 82.5 Å². The average molecular weight is 406 g/mol. The van der Waals surface area contributed by atoms with Crippen LogP contribution in [0.25, 0.3) is 5.69 Å². The van der Waals surface area contributed by atoms with Crippen molar-refractivity contribution < 1.29 is 4.79 Å². The Labute approximate surface area is 175 Å². The largest absolute Gasteiger partial charge is 0.336 e. The second kappa shape index (κ2) is 9.00. The first-order chi connectivity index (χ1) is 14.6. The second-order valence-electron chi connectivity index (χ2n) is 7.59. The second-order valence-corrected chi connectivity index (χ2v) is 7.59. The van der Waals surface area contributed by atoms with E-state index in [-0.39, 0.29) is 17.8 Å². The van der Waals surface area contributed by atoms with Gasteiger partial charge in [0.25, 0.3) is 0 Å². The Morgan fingerprint density at radius 2 is 1.77 bits per heavy atom. The molecule has 0 aliphatic carbocycles. The molecule has 1 unspecified atom stereocenters. The van der Waals surface area contributed by atoms with Gasteiger partial charge in [-0.25, -0.2) is 9.59 Å². The maximum Gasteiger partial charge on any atom is 0.330 e.